The Labute approximate surface area is 133 Å². The van der Waals surface area contributed by atoms with Crippen molar-refractivity contribution in [2.75, 3.05) is 19.7 Å². The molecule has 126 valence electrons. The number of carbonyl (C=O) groups excluding carboxylic acids is 2. The number of aliphatic hydroxyl groups is 1. The summed E-state index contributed by atoms with van der Waals surface area (Å²) in [5.74, 6) is 0.0709. The second kappa shape index (κ2) is 7.44. The van der Waals surface area contributed by atoms with Crippen LogP contribution in [0.2, 0.25) is 0 Å². The van der Waals surface area contributed by atoms with Gasteiger partial charge in [0, 0.05) is 19.0 Å². The first kappa shape index (κ1) is 17.3. The normalized spacial score (nSPS) is 25.8. The zero-order chi connectivity index (χ0) is 16.2. The fraction of sp³-hybridized carbons (Fsp3) is 0.882. The SMILES string of the molecule is CCC(C)C(=O)N1CCCC(C(=O)NC2(CO)CCCC2)C1. The van der Waals surface area contributed by atoms with Crippen molar-refractivity contribution in [3.8, 4) is 0 Å². The molecule has 5 heteroatoms. The zero-order valence-electron chi connectivity index (χ0n) is 13.9. The highest BCUT2D eigenvalue weighted by atomic mass is 16.3. The van der Waals surface area contributed by atoms with Crippen LogP contribution in [0.3, 0.4) is 0 Å². The van der Waals surface area contributed by atoms with Crippen LogP contribution in [0.1, 0.15) is 58.8 Å². The van der Waals surface area contributed by atoms with Crippen LogP contribution in [0.25, 0.3) is 0 Å². The van der Waals surface area contributed by atoms with E-state index in [4.69, 9.17) is 0 Å². The highest BCUT2D eigenvalue weighted by Gasteiger charge is 2.37. The number of nitrogens with zero attached hydrogens (tertiary/aromatic N) is 1. The second-order valence-electron chi connectivity index (χ2n) is 7.07. The molecule has 0 aromatic heterocycles. The molecule has 0 aromatic carbocycles. The summed E-state index contributed by atoms with van der Waals surface area (Å²) in [6.07, 6.45) is 6.38. The smallest absolute Gasteiger partial charge is 0.225 e. The molecule has 2 N–H and O–H groups in total. The largest absolute Gasteiger partial charge is 0.394 e. The van der Waals surface area contributed by atoms with Gasteiger partial charge in [0.25, 0.3) is 0 Å². The number of carbonyl (C=O) groups is 2. The van der Waals surface area contributed by atoms with Crippen molar-refractivity contribution in [1.82, 2.24) is 10.2 Å². The Kier molecular flexibility index (Phi) is 5.84. The van der Waals surface area contributed by atoms with Crippen molar-refractivity contribution in [1.29, 1.82) is 0 Å². The Morgan fingerprint density at radius 2 is 2.00 bits per heavy atom. The monoisotopic (exact) mass is 310 g/mol. The molecule has 1 aliphatic heterocycles. The number of aliphatic hydroxyl groups excluding tert-OH is 1. The first-order valence-corrected chi connectivity index (χ1v) is 8.73. The fourth-order valence-corrected chi connectivity index (χ4v) is 3.62. The van der Waals surface area contributed by atoms with Crippen molar-refractivity contribution in [2.24, 2.45) is 11.8 Å². The molecule has 2 atom stereocenters. The number of hydrogen-bond acceptors (Lipinski definition) is 3. The van der Waals surface area contributed by atoms with E-state index in [1.165, 1.54) is 0 Å². The number of piperidine rings is 1. The summed E-state index contributed by atoms with van der Waals surface area (Å²) in [4.78, 5) is 26.7. The molecule has 0 radical (unpaired) electrons. The van der Waals surface area contributed by atoms with Crippen molar-refractivity contribution in [3.63, 3.8) is 0 Å². The molecular formula is C17H30N2O3. The molecule has 1 saturated heterocycles. The van der Waals surface area contributed by atoms with Crippen molar-refractivity contribution in [3.05, 3.63) is 0 Å². The third kappa shape index (κ3) is 3.80. The lowest BCUT2D eigenvalue weighted by Crippen LogP contribution is -2.54. The standard InChI is InChI=1S/C17H30N2O3/c1-3-13(2)16(22)19-10-6-7-14(11-19)15(21)18-17(12-20)8-4-5-9-17/h13-14,20H,3-12H2,1-2H3,(H,18,21). The van der Waals surface area contributed by atoms with Gasteiger partial charge in [0.1, 0.15) is 0 Å². The summed E-state index contributed by atoms with van der Waals surface area (Å²) < 4.78 is 0. The number of nitrogens with one attached hydrogen (secondary N) is 1. The lowest BCUT2D eigenvalue weighted by atomic mass is 9.92. The lowest BCUT2D eigenvalue weighted by Gasteiger charge is -2.36. The maximum absolute atomic E-state index is 12.6. The van der Waals surface area contributed by atoms with E-state index in [0.717, 1.165) is 51.5 Å². The maximum atomic E-state index is 12.6. The zero-order valence-corrected chi connectivity index (χ0v) is 13.9. The Bertz CT molecular complexity index is 405. The third-order valence-electron chi connectivity index (χ3n) is 5.39. The topological polar surface area (TPSA) is 69.6 Å². The van der Waals surface area contributed by atoms with Crippen molar-refractivity contribution >= 4 is 11.8 Å². The molecule has 2 unspecified atom stereocenters. The van der Waals surface area contributed by atoms with Gasteiger partial charge < -0.3 is 15.3 Å². The van der Waals surface area contributed by atoms with Crippen LogP contribution < -0.4 is 5.32 Å². The second-order valence-corrected chi connectivity index (χ2v) is 7.07. The van der Waals surface area contributed by atoms with Crippen LogP contribution in [0, 0.1) is 11.8 Å². The van der Waals surface area contributed by atoms with E-state index in [0.29, 0.717) is 6.54 Å². The summed E-state index contributed by atoms with van der Waals surface area (Å²) in [6.45, 7) is 5.27. The molecule has 0 spiro atoms. The van der Waals surface area contributed by atoms with Gasteiger partial charge in [0.05, 0.1) is 18.1 Å². The minimum Gasteiger partial charge on any atom is -0.394 e. The molecule has 5 nitrogen and oxygen atoms in total. The molecule has 2 rings (SSSR count). The van der Waals surface area contributed by atoms with Gasteiger partial charge in [-0.05, 0) is 32.1 Å². The molecule has 2 fully saturated rings. The van der Waals surface area contributed by atoms with Gasteiger partial charge in [0.15, 0.2) is 0 Å². The molecule has 2 aliphatic rings. The van der Waals surface area contributed by atoms with Gasteiger partial charge in [-0.3, -0.25) is 9.59 Å². The van der Waals surface area contributed by atoms with Crippen LogP contribution >= 0.6 is 0 Å². The molecule has 1 heterocycles. The Hall–Kier alpha value is -1.10. The van der Waals surface area contributed by atoms with E-state index in [-0.39, 0.29) is 30.3 Å². The van der Waals surface area contributed by atoms with Gasteiger partial charge in [-0.2, -0.15) is 0 Å². The Balaban J connectivity index is 1.94. The van der Waals surface area contributed by atoms with Crippen LogP contribution in [-0.4, -0.2) is 47.1 Å². The van der Waals surface area contributed by atoms with Gasteiger partial charge in [-0.1, -0.05) is 26.7 Å². The van der Waals surface area contributed by atoms with Crippen LogP contribution in [0.5, 0.6) is 0 Å². The summed E-state index contributed by atoms with van der Waals surface area (Å²) in [7, 11) is 0. The fourth-order valence-electron chi connectivity index (χ4n) is 3.62. The molecule has 2 amide bonds. The number of hydrogen-bond donors (Lipinski definition) is 2. The quantitative estimate of drug-likeness (QED) is 0.812. The minimum absolute atomic E-state index is 0.0117. The average molecular weight is 310 g/mol. The van der Waals surface area contributed by atoms with E-state index in [9.17, 15) is 14.7 Å². The maximum Gasteiger partial charge on any atom is 0.225 e. The Morgan fingerprint density at radius 3 is 2.59 bits per heavy atom. The minimum atomic E-state index is -0.417. The predicted octanol–water partition coefficient (Wildman–Crippen LogP) is 1.69. The third-order valence-corrected chi connectivity index (χ3v) is 5.39. The van der Waals surface area contributed by atoms with Crippen LogP contribution in [-0.2, 0) is 9.59 Å². The number of rotatable bonds is 5. The summed E-state index contributed by atoms with van der Waals surface area (Å²) in [5.41, 5.74) is -0.417. The highest BCUT2D eigenvalue weighted by Crippen LogP contribution is 2.30. The summed E-state index contributed by atoms with van der Waals surface area (Å²) in [6, 6.07) is 0. The van der Waals surface area contributed by atoms with Gasteiger partial charge in [0.2, 0.25) is 11.8 Å². The van der Waals surface area contributed by atoms with Crippen molar-refractivity contribution in [2.45, 2.75) is 64.3 Å². The highest BCUT2D eigenvalue weighted by molar-refractivity contribution is 5.82. The van der Waals surface area contributed by atoms with Gasteiger partial charge in [-0.25, -0.2) is 0 Å². The lowest BCUT2D eigenvalue weighted by molar-refractivity contribution is -0.139. The average Bonchev–Trinajstić information content (AvgIpc) is 3.02. The number of likely N-dealkylation sites (tertiary alicyclic amines) is 1. The predicted molar refractivity (Wildman–Crippen MR) is 85.2 cm³/mol. The molecule has 1 aliphatic carbocycles. The van der Waals surface area contributed by atoms with E-state index in [1.807, 2.05) is 18.7 Å². The van der Waals surface area contributed by atoms with Gasteiger partial charge in [-0.15, -0.1) is 0 Å². The van der Waals surface area contributed by atoms with Gasteiger partial charge >= 0.3 is 0 Å². The van der Waals surface area contributed by atoms with E-state index in [2.05, 4.69) is 5.32 Å². The van der Waals surface area contributed by atoms with Crippen LogP contribution in [0.4, 0.5) is 0 Å². The molecule has 22 heavy (non-hydrogen) atoms. The van der Waals surface area contributed by atoms with E-state index < -0.39 is 5.54 Å². The first-order chi connectivity index (χ1) is 10.5. The number of amides is 2. The Morgan fingerprint density at radius 1 is 1.32 bits per heavy atom. The van der Waals surface area contributed by atoms with E-state index >= 15 is 0 Å². The molecule has 1 saturated carbocycles. The van der Waals surface area contributed by atoms with Crippen LogP contribution in [0.15, 0.2) is 0 Å². The van der Waals surface area contributed by atoms with E-state index in [1.54, 1.807) is 0 Å². The van der Waals surface area contributed by atoms with Crippen molar-refractivity contribution < 1.29 is 14.7 Å². The molecular weight excluding hydrogens is 280 g/mol. The molecule has 0 aromatic rings. The summed E-state index contributed by atoms with van der Waals surface area (Å²) in [5, 5.41) is 12.7. The molecule has 0 bridgehead atoms. The summed E-state index contributed by atoms with van der Waals surface area (Å²) >= 11 is 0. The first-order valence-electron chi connectivity index (χ1n) is 8.73.